The standard InChI is InChI=1S/C14H17NO3/c1-10-6-7-18-14(10)9-15-11-4-5-12(16-2)13(8-11)17-3/h4-8,15H,9H2,1-3H3. The molecule has 0 aliphatic heterocycles. The van der Waals surface area contributed by atoms with Crippen molar-refractivity contribution in [2.75, 3.05) is 19.5 Å². The highest BCUT2D eigenvalue weighted by atomic mass is 16.5. The van der Waals surface area contributed by atoms with Gasteiger partial charge in [-0.15, -0.1) is 0 Å². The first-order chi connectivity index (χ1) is 8.74. The lowest BCUT2D eigenvalue weighted by molar-refractivity contribution is 0.355. The Labute approximate surface area is 107 Å². The highest BCUT2D eigenvalue weighted by Crippen LogP contribution is 2.29. The van der Waals surface area contributed by atoms with E-state index in [0.29, 0.717) is 12.3 Å². The third-order valence-corrected chi connectivity index (χ3v) is 2.80. The summed E-state index contributed by atoms with van der Waals surface area (Å²) in [7, 11) is 3.25. The molecule has 96 valence electrons. The van der Waals surface area contributed by atoms with E-state index in [0.717, 1.165) is 22.8 Å². The van der Waals surface area contributed by atoms with Crippen LogP contribution in [0.5, 0.6) is 11.5 Å². The molecule has 0 radical (unpaired) electrons. The molecule has 2 rings (SSSR count). The number of rotatable bonds is 5. The summed E-state index contributed by atoms with van der Waals surface area (Å²) < 4.78 is 15.8. The molecule has 0 saturated carbocycles. The maximum atomic E-state index is 5.37. The van der Waals surface area contributed by atoms with E-state index in [-0.39, 0.29) is 0 Å². The lowest BCUT2D eigenvalue weighted by atomic mass is 10.2. The van der Waals surface area contributed by atoms with Gasteiger partial charge in [0.25, 0.3) is 0 Å². The average molecular weight is 247 g/mol. The van der Waals surface area contributed by atoms with E-state index < -0.39 is 0 Å². The highest BCUT2D eigenvalue weighted by Gasteiger charge is 2.05. The molecule has 4 heteroatoms. The van der Waals surface area contributed by atoms with Crippen LogP contribution in [-0.4, -0.2) is 14.2 Å². The molecule has 0 atom stereocenters. The molecule has 18 heavy (non-hydrogen) atoms. The fraction of sp³-hybridized carbons (Fsp3) is 0.286. The van der Waals surface area contributed by atoms with Crippen LogP contribution in [0.4, 0.5) is 5.69 Å². The van der Waals surface area contributed by atoms with Crippen molar-refractivity contribution >= 4 is 5.69 Å². The number of anilines is 1. The van der Waals surface area contributed by atoms with Crippen molar-refractivity contribution in [3.05, 3.63) is 41.9 Å². The van der Waals surface area contributed by atoms with Crippen LogP contribution in [0.2, 0.25) is 0 Å². The predicted octanol–water partition coefficient (Wildman–Crippen LogP) is 3.22. The van der Waals surface area contributed by atoms with Crippen LogP contribution >= 0.6 is 0 Å². The molecule has 1 heterocycles. The van der Waals surface area contributed by atoms with Gasteiger partial charge in [-0.25, -0.2) is 0 Å². The maximum absolute atomic E-state index is 5.37. The second kappa shape index (κ2) is 5.49. The molecule has 2 aromatic rings. The zero-order valence-corrected chi connectivity index (χ0v) is 10.8. The monoisotopic (exact) mass is 247 g/mol. The molecule has 0 unspecified atom stereocenters. The van der Waals surface area contributed by atoms with Crippen LogP contribution < -0.4 is 14.8 Å². The van der Waals surface area contributed by atoms with E-state index in [1.807, 2.05) is 31.2 Å². The van der Waals surface area contributed by atoms with Crippen molar-refractivity contribution < 1.29 is 13.9 Å². The van der Waals surface area contributed by atoms with Gasteiger partial charge >= 0.3 is 0 Å². The maximum Gasteiger partial charge on any atom is 0.162 e. The van der Waals surface area contributed by atoms with Crippen molar-refractivity contribution in [2.45, 2.75) is 13.5 Å². The van der Waals surface area contributed by atoms with Gasteiger partial charge in [0.2, 0.25) is 0 Å². The molecule has 0 fully saturated rings. The minimum atomic E-state index is 0.647. The number of methoxy groups -OCH3 is 2. The van der Waals surface area contributed by atoms with Crippen molar-refractivity contribution in [2.24, 2.45) is 0 Å². The summed E-state index contributed by atoms with van der Waals surface area (Å²) in [6, 6.07) is 7.67. The Kier molecular flexibility index (Phi) is 3.77. The summed E-state index contributed by atoms with van der Waals surface area (Å²) in [4.78, 5) is 0. The van der Waals surface area contributed by atoms with Crippen LogP contribution in [0.25, 0.3) is 0 Å². The number of hydrogen-bond acceptors (Lipinski definition) is 4. The van der Waals surface area contributed by atoms with E-state index in [1.165, 1.54) is 0 Å². The Morgan fingerprint density at radius 1 is 1.11 bits per heavy atom. The van der Waals surface area contributed by atoms with Crippen LogP contribution in [0.15, 0.2) is 34.9 Å². The fourth-order valence-corrected chi connectivity index (χ4v) is 1.71. The first kappa shape index (κ1) is 12.4. The Bertz CT molecular complexity index is 520. The molecule has 1 aromatic heterocycles. The summed E-state index contributed by atoms with van der Waals surface area (Å²) in [5, 5.41) is 3.28. The lowest BCUT2D eigenvalue weighted by Crippen LogP contribution is -2.00. The van der Waals surface area contributed by atoms with Crippen LogP contribution in [0, 0.1) is 6.92 Å². The molecule has 0 amide bonds. The minimum Gasteiger partial charge on any atom is -0.493 e. The van der Waals surface area contributed by atoms with Gasteiger partial charge in [0.05, 0.1) is 27.0 Å². The van der Waals surface area contributed by atoms with E-state index in [9.17, 15) is 0 Å². The summed E-state index contributed by atoms with van der Waals surface area (Å²) in [5.74, 6) is 2.36. The Morgan fingerprint density at radius 3 is 2.50 bits per heavy atom. The normalized spacial score (nSPS) is 10.2. The van der Waals surface area contributed by atoms with E-state index in [2.05, 4.69) is 5.32 Å². The van der Waals surface area contributed by atoms with E-state index in [1.54, 1.807) is 20.5 Å². The van der Waals surface area contributed by atoms with Crippen molar-refractivity contribution in [3.63, 3.8) is 0 Å². The summed E-state index contributed by atoms with van der Waals surface area (Å²) >= 11 is 0. The van der Waals surface area contributed by atoms with Crippen LogP contribution in [-0.2, 0) is 6.54 Å². The Hall–Kier alpha value is -2.10. The highest BCUT2D eigenvalue weighted by molar-refractivity contribution is 5.54. The van der Waals surface area contributed by atoms with Gasteiger partial charge in [-0.05, 0) is 30.7 Å². The number of ether oxygens (including phenoxy) is 2. The molecule has 4 nitrogen and oxygen atoms in total. The van der Waals surface area contributed by atoms with Gasteiger partial charge in [-0.3, -0.25) is 0 Å². The molecule has 0 aliphatic rings. The van der Waals surface area contributed by atoms with Crippen molar-refractivity contribution in [3.8, 4) is 11.5 Å². The van der Waals surface area contributed by atoms with Crippen LogP contribution in [0.3, 0.4) is 0 Å². The van der Waals surface area contributed by atoms with Gasteiger partial charge in [0.1, 0.15) is 5.76 Å². The quantitative estimate of drug-likeness (QED) is 0.881. The van der Waals surface area contributed by atoms with Crippen molar-refractivity contribution in [1.82, 2.24) is 0 Å². The number of hydrogen-bond donors (Lipinski definition) is 1. The lowest BCUT2D eigenvalue weighted by Gasteiger charge is -2.10. The third kappa shape index (κ3) is 2.59. The molecule has 0 saturated heterocycles. The second-order valence-corrected chi connectivity index (χ2v) is 3.95. The Balaban J connectivity index is 2.08. The fourth-order valence-electron chi connectivity index (χ4n) is 1.71. The molecule has 1 aromatic carbocycles. The number of aryl methyl sites for hydroxylation is 1. The number of furan rings is 1. The topological polar surface area (TPSA) is 43.6 Å². The average Bonchev–Trinajstić information content (AvgIpc) is 2.81. The van der Waals surface area contributed by atoms with Crippen LogP contribution in [0.1, 0.15) is 11.3 Å². The molecule has 0 aliphatic carbocycles. The summed E-state index contributed by atoms with van der Waals surface area (Å²) in [6.45, 7) is 2.67. The first-order valence-electron chi connectivity index (χ1n) is 5.73. The number of benzene rings is 1. The van der Waals surface area contributed by atoms with E-state index in [4.69, 9.17) is 13.9 Å². The number of nitrogens with one attached hydrogen (secondary N) is 1. The van der Waals surface area contributed by atoms with E-state index >= 15 is 0 Å². The van der Waals surface area contributed by atoms with Gasteiger partial charge in [-0.1, -0.05) is 0 Å². The summed E-state index contributed by atoms with van der Waals surface area (Å²) in [6.07, 6.45) is 1.70. The predicted molar refractivity (Wildman–Crippen MR) is 70.3 cm³/mol. The molecule has 0 bridgehead atoms. The zero-order valence-electron chi connectivity index (χ0n) is 10.8. The minimum absolute atomic E-state index is 0.647. The molecular weight excluding hydrogens is 230 g/mol. The summed E-state index contributed by atoms with van der Waals surface area (Å²) in [5.41, 5.74) is 2.10. The third-order valence-electron chi connectivity index (χ3n) is 2.80. The Morgan fingerprint density at radius 2 is 1.89 bits per heavy atom. The molecule has 0 spiro atoms. The van der Waals surface area contributed by atoms with Crippen molar-refractivity contribution in [1.29, 1.82) is 0 Å². The molecule has 1 N–H and O–H groups in total. The largest absolute Gasteiger partial charge is 0.493 e. The van der Waals surface area contributed by atoms with Gasteiger partial charge in [-0.2, -0.15) is 0 Å². The SMILES string of the molecule is COc1ccc(NCc2occc2C)cc1OC. The van der Waals surface area contributed by atoms with Gasteiger partial charge in [0, 0.05) is 11.8 Å². The molecular formula is C14H17NO3. The smallest absolute Gasteiger partial charge is 0.162 e. The van der Waals surface area contributed by atoms with Gasteiger partial charge in [0.15, 0.2) is 11.5 Å². The second-order valence-electron chi connectivity index (χ2n) is 3.95. The van der Waals surface area contributed by atoms with Gasteiger partial charge < -0.3 is 19.2 Å². The zero-order chi connectivity index (χ0) is 13.0. The first-order valence-corrected chi connectivity index (χ1v) is 5.73.